The maximum Gasteiger partial charge on any atom is 0.124 e. The van der Waals surface area contributed by atoms with E-state index in [-0.39, 0.29) is 12.4 Å². The maximum absolute atomic E-state index is 9.78. The van der Waals surface area contributed by atoms with Crippen molar-refractivity contribution < 1.29 is 10.2 Å². The van der Waals surface area contributed by atoms with E-state index in [0.717, 1.165) is 27.6 Å². The summed E-state index contributed by atoms with van der Waals surface area (Å²) >= 11 is 1.56. The van der Waals surface area contributed by atoms with E-state index in [1.807, 2.05) is 5.38 Å². The van der Waals surface area contributed by atoms with Crippen molar-refractivity contribution in [2.75, 3.05) is 0 Å². The molecule has 0 fully saturated rings. The fourth-order valence-corrected chi connectivity index (χ4v) is 2.62. The van der Waals surface area contributed by atoms with Crippen LogP contribution in [0.1, 0.15) is 18.1 Å². The number of fused-ring (bicyclic) bond motifs is 1. The van der Waals surface area contributed by atoms with Gasteiger partial charge in [-0.1, -0.05) is 6.92 Å². The maximum atomic E-state index is 9.78. The lowest BCUT2D eigenvalue weighted by Gasteiger charge is -2.01. The third-order valence-electron chi connectivity index (χ3n) is 2.37. The Morgan fingerprint density at radius 2 is 2.14 bits per heavy atom. The van der Waals surface area contributed by atoms with Gasteiger partial charge < -0.3 is 10.2 Å². The Hall–Kier alpha value is -1.06. The monoisotopic (exact) mass is 208 g/mol. The van der Waals surface area contributed by atoms with Gasteiger partial charge in [-0.25, -0.2) is 0 Å². The number of aryl methyl sites for hydroxylation is 1. The lowest BCUT2D eigenvalue weighted by atomic mass is 10.1. The van der Waals surface area contributed by atoms with Crippen molar-refractivity contribution in [1.82, 2.24) is 0 Å². The zero-order valence-electron chi connectivity index (χ0n) is 7.95. The Morgan fingerprint density at radius 3 is 2.79 bits per heavy atom. The molecule has 0 atom stereocenters. The SMILES string of the molecule is CCc1cc(O)c2c(CO)csc2c1. The van der Waals surface area contributed by atoms with Gasteiger partial charge in [-0.3, -0.25) is 0 Å². The molecule has 0 bridgehead atoms. The van der Waals surface area contributed by atoms with Gasteiger partial charge in [0.05, 0.1) is 6.61 Å². The highest BCUT2D eigenvalue weighted by atomic mass is 32.1. The van der Waals surface area contributed by atoms with E-state index in [4.69, 9.17) is 5.11 Å². The molecule has 0 saturated heterocycles. The Bertz CT molecular complexity index is 460. The molecule has 74 valence electrons. The zero-order chi connectivity index (χ0) is 10.1. The fraction of sp³-hybridized carbons (Fsp3) is 0.273. The highest BCUT2D eigenvalue weighted by Crippen LogP contribution is 2.34. The van der Waals surface area contributed by atoms with Crippen LogP contribution >= 0.6 is 11.3 Å². The number of aromatic hydroxyl groups is 1. The van der Waals surface area contributed by atoms with Crippen LogP contribution in [-0.2, 0) is 13.0 Å². The van der Waals surface area contributed by atoms with Crippen LogP contribution < -0.4 is 0 Å². The third kappa shape index (κ3) is 1.38. The van der Waals surface area contributed by atoms with E-state index in [9.17, 15) is 5.11 Å². The average Bonchev–Trinajstić information content (AvgIpc) is 2.61. The van der Waals surface area contributed by atoms with E-state index in [2.05, 4.69) is 13.0 Å². The van der Waals surface area contributed by atoms with Crippen LogP contribution in [0.4, 0.5) is 0 Å². The highest BCUT2D eigenvalue weighted by Gasteiger charge is 2.08. The summed E-state index contributed by atoms with van der Waals surface area (Å²) < 4.78 is 1.05. The molecule has 0 radical (unpaired) electrons. The van der Waals surface area contributed by atoms with Gasteiger partial charge in [0.1, 0.15) is 5.75 Å². The summed E-state index contributed by atoms with van der Waals surface area (Å²) in [6, 6.07) is 3.84. The first-order chi connectivity index (χ1) is 6.76. The smallest absolute Gasteiger partial charge is 0.124 e. The standard InChI is InChI=1S/C11H12O2S/c1-2-7-3-9(13)11-8(5-12)6-14-10(11)4-7/h3-4,6,12-13H,2,5H2,1H3. The van der Waals surface area contributed by atoms with Crippen LogP contribution in [0, 0.1) is 0 Å². The summed E-state index contributed by atoms with van der Waals surface area (Å²) in [5.74, 6) is 0.282. The van der Waals surface area contributed by atoms with Crippen LogP contribution in [0.15, 0.2) is 17.5 Å². The zero-order valence-corrected chi connectivity index (χ0v) is 8.77. The van der Waals surface area contributed by atoms with E-state index in [1.165, 1.54) is 0 Å². The number of aliphatic hydroxyl groups is 1. The summed E-state index contributed by atoms with van der Waals surface area (Å²) in [6.45, 7) is 2.04. The van der Waals surface area contributed by atoms with Crippen LogP contribution in [0.2, 0.25) is 0 Å². The quantitative estimate of drug-likeness (QED) is 0.796. The molecular weight excluding hydrogens is 196 g/mol. The number of thiophene rings is 1. The van der Waals surface area contributed by atoms with Crippen LogP contribution in [0.25, 0.3) is 10.1 Å². The summed E-state index contributed by atoms with van der Waals surface area (Å²) in [7, 11) is 0. The first-order valence-corrected chi connectivity index (χ1v) is 5.47. The summed E-state index contributed by atoms with van der Waals surface area (Å²) in [4.78, 5) is 0. The average molecular weight is 208 g/mol. The Kier molecular flexibility index (Phi) is 2.44. The molecule has 3 heteroatoms. The highest BCUT2D eigenvalue weighted by molar-refractivity contribution is 7.17. The molecule has 2 rings (SSSR count). The van der Waals surface area contributed by atoms with Crippen LogP contribution in [0.5, 0.6) is 5.75 Å². The fourth-order valence-electron chi connectivity index (χ4n) is 1.59. The second-order valence-electron chi connectivity index (χ2n) is 3.26. The largest absolute Gasteiger partial charge is 0.507 e. The molecule has 0 amide bonds. The predicted octanol–water partition coefficient (Wildman–Crippen LogP) is 2.66. The van der Waals surface area contributed by atoms with E-state index in [1.54, 1.807) is 17.4 Å². The number of benzene rings is 1. The lowest BCUT2D eigenvalue weighted by Crippen LogP contribution is -1.83. The van der Waals surface area contributed by atoms with Gasteiger partial charge in [-0.05, 0) is 35.1 Å². The van der Waals surface area contributed by atoms with Crippen molar-refractivity contribution >= 4 is 21.4 Å². The normalized spacial score (nSPS) is 11.0. The predicted molar refractivity (Wildman–Crippen MR) is 58.8 cm³/mol. The minimum Gasteiger partial charge on any atom is -0.507 e. The molecule has 2 nitrogen and oxygen atoms in total. The number of rotatable bonds is 2. The van der Waals surface area contributed by atoms with E-state index >= 15 is 0 Å². The Labute approximate surface area is 86.4 Å². The summed E-state index contributed by atoms with van der Waals surface area (Å²) in [5, 5.41) is 21.5. The van der Waals surface area contributed by atoms with Gasteiger partial charge in [0, 0.05) is 10.1 Å². The van der Waals surface area contributed by atoms with Crippen molar-refractivity contribution in [2.45, 2.75) is 20.0 Å². The lowest BCUT2D eigenvalue weighted by molar-refractivity contribution is 0.283. The van der Waals surface area contributed by atoms with Crippen LogP contribution in [-0.4, -0.2) is 10.2 Å². The van der Waals surface area contributed by atoms with Gasteiger partial charge in [0.15, 0.2) is 0 Å². The number of phenols is 1. The number of aliphatic hydroxyl groups excluding tert-OH is 1. The number of hydrogen-bond acceptors (Lipinski definition) is 3. The first kappa shape index (κ1) is 9.49. The molecule has 2 aromatic rings. The molecule has 0 aliphatic heterocycles. The molecule has 14 heavy (non-hydrogen) atoms. The molecule has 1 aromatic heterocycles. The second kappa shape index (κ2) is 3.59. The molecule has 1 heterocycles. The molecule has 0 aliphatic carbocycles. The summed E-state index contributed by atoms with van der Waals surface area (Å²) in [5.41, 5.74) is 1.94. The van der Waals surface area contributed by atoms with Gasteiger partial charge in [0.25, 0.3) is 0 Å². The first-order valence-electron chi connectivity index (χ1n) is 4.59. The molecule has 1 aromatic carbocycles. The minimum atomic E-state index is -0.0148. The second-order valence-corrected chi connectivity index (χ2v) is 4.17. The molecule has 0 aliphatic rings. The Morgan fingerprint density at radius 1 is 1.36 bits per heavy atom. The number of phenolic OH excluding ortho intramolecular Hbond substituents is 1. The van der Waals surface area contributed by atoms with Gasteiger partial charge in [-0.2, -0.15) is 0 Å². The molecule has 2 N–H and O–H groups in total. The molecule has 0 spiro atoms. The van der Waals surface area contributed by atoms with Crippen molar-refractivity contribution in [3.63, 3.8) is 0 Å². The Balaban J connectivity index is 2.72. The van der Waals surface area contributed by atoms with Gasteiger partial charge >= 0.3 is 0 Å². The van der Waals surface area contributed by atoms with Crippen molar-refractivity contribution in [2.24, 2.45) is 0 Å². The van der Waals surface area contributed by atoms with Gasteiger partial charge in [0.2, 0.25) is 0 Å². The topological polar surface area (TPSA) is 40.5 Å². The van der Waals surface area contributed by atoms with E-state index in [0.29, 0.717) is 0 Å². The van der Waals surface area contributed by atoms with Crippen molar-refractivity contribution in [3.8, 4) is 5.75 Å². The third-order valence-corrected chi connectivity index (χ3v) is 3.35. The van der Waals surface area contributed by atoms with E-state index < -0.39 is 0 Å². The molecule has 0 saturated carbocycles. The minimum absolute atomic E-state index is 0.0148. The van der Waals surface area contributed by atoms with Crippen molar-refractivity contribution in [1.29, 1.82) is 0 Å². The van der Waals surface area contributed by atoms with Crippen LogP contribution in [0.3, 0.4) is 0 Å². The summed E-state index contributed by atoms with van der Waals surface area (Å²) in [6.07, 6.45) is 0.913. The molecule has 0 unspecified atom stereocenters. The molecular formula is C11H12O2S. The number of hydrogen-bond donors (Lipinski definition) is 2. The van der Waals surface area contributed by atoms with Gasteiger partial charge in [-0.15, -0.1) is 11.3 Å². The van der Waals surface area contributed by atoms with Crippen molar-refractivity contribution in [3.05, 3.63) is 28.6 Å².